The number of nitrogens with one attached hydrogen (secondary N) is 1. The summed E-state index contributed by atoms with van der Waals surface area (Å²) in [5, 5.41) is 10.4. The van der Waals surface area contributed by atoms with Gasteiger partial charge in [0, 0.05) is 33.6 Å². The van der Waals surface area contributed by atoms with Gasteiger partial charge < -0.3 is 0 Å². The van der Waals surface area contributed by atoms with Gasteiger partial charge in [-0.1, -0.05) is 51.4 Å². The fourth-order valence-corrected chi connectivity index (χ4v) is 5.49. The van der Waals surface area contributed by atoms with Crippen molar-refractivity contribution in [2.75, 3.05) is 0 Å². The highest BCUT2D eigenvalue weighted by atomic mass is 35.5. The molecule has 0 radical (unpaired) electrons. The fraction of sp³-hybridized carbons (Fsp3) is 0.333. The molecule has 3 aromatic heterocycles. The smallest absolute Gasteiger partial charge is 0.265 e. The van der Waals surface area contributed by atoms with E-state index in [2.05, 4.69) is 24.0 Å². The molecule has 1 aromatic carbocycles. The van der Waals surface area contributed by atoms with E-state index < -0.39 is 0 Å². The molecule has 1 aliphatic rings. The third-order valence-electron chi connectivity index (χ3n) is 6.08. The number of rotatable bonds is 3. The van der Waals surface area contributed by atoms with E-state index in [1.807, 2.05) is 57.3 Å². The second kappa shape index (κ2) is 9.55. The molecule has 3 heterocycles. The number of aryl methyl sites for hydroxylation is 2. The van der Waals surface area contributed by atoms with E-state index in [4.69, 9.17) is 16.6 Å². The summed E-state index contributed by atoms with van der Waals surface area (Å²) >= 11 is 7.40. The number of H-pyrrole nitrogens is 1. The third kappa shape index (κ3) is 4.62. The lowest BCUT2D eigenvalue weighted by Gasteiger charge is -2.32. The number of carbonyl (C=O) groups is 1. The highest BCUT2D eigenvalue weighted by molar-refractivity contribution is 7.13. The summed E-state index contributed by atoms with van der Waals surface area (Å²) in [6.45, 7) is 11.9. The van der Waals surface area contributed by atoms with Gasteiger partial charge in [-0.25, -0.2) is 4.98 Å². The van der Waals surface area contributed by atoms with E-state index in [0.717, 1.165) is 22.6 Å². The zero-order chi connectivity index (χ0) is 25.5. The maximum atomic E-state index is 13.9. The minimum Gasteiger partial charge on any atom is -0.294 e. The molecule has 0 saturated carbocycles. The molecule has 5 rings (SSSR count). The number of Topliss-reactive ketones (excluding diaryl/α,β-unsaturated/α-hetero) is 1. The molecule has 35 heavy (non-hydrogen) atoms. The number of pyridine rings is 1. The van der Waals surface area contributed by atoms with Crippen LogP contribution in [0.1, 0.15) is 61.6 Å². The number of hydrogen-bond acceptors (Lipinski definition) is 5. The summed E-state index contributed by atoms with van der Waals surface area (Å²) in [4.78, 5) is 31.8. The number of aromatic nitrogens is 4. The van der Waals surface area contributed by atoms with Crippen LogP contribution in [0.2, 0.25) is 5.02 Å². The summed E-state index contributed by atoms with van der Waals surface area (Å²) in [6.07, 6.45) is 1.07. The van der Waals surface area contributed by atoms with Gasteiger partial charge in [0.1, 0.15) is 5.01 Å². The summed E-state index contributed by atoms with van der Waals surface area (Å²) in [5.41, 5.74) is 5.22. The average molecular weight is 509 g/mol. The maximum absolute atomic E-state index is 13.9. The number of benzene rings is 1. The molecule has 0 bridgehead atoms. The van der Waals surface area contributed by atoms with Gasteiger partial charge in [-0.15, -0.1) is 11.3 Å². The lowest BCUT2D eigenvalue weighted by atomic mass is 9.75. The highest BCUT2D eigenvalue weighted by Crippen LogP contribution is 2.37. The first-order chi connectivity index (χ1) is 16.6. The standard InChI is InChI=1S/C25H23ClN4O2S.C2H6/c1-13-22(14(2)29-28-13)30-20-10-25(3,4)11-21(31)17(20)9-18(24(30)32)23-27-19(12-33-23)15-5-7-16(26)8-6-15;1-2/h5-9,12H,10-11H2,1-4H3,(H,28,29);1-2H3. The van der Waals surface area contributed by atoms with Gasteiger partial charge in [-0.3, -0.25) is 19.3 Å². The molecule has 0 aliphatic heterocycles. The van der Waals surface area contributed by atoms with Crippen molar-refractivity contribution in [3.63, 3.8) is 0 Å². The molecular formula is C27H29ClN4O2S. The lowest BCUT2D eigenvalue weighted by Crippen LogP contribution is -2.35. The number of hydrogen-bond donors (Lipinski definition) is 1. The molecule has 4 aromatic rings. The van der Waals surface area contributed by atoms with Crippen LogP contribution in [0.25, 0.3) is 27.5 Å². The SMILES string of the molecule is CC.Cc1n[nH]c(C)c1-n1c2c(cc(-c3nc(-c4ccc(Cl)cc4)cs3)c1=O)C(=O)CC(C)(C)C2. The van der Waals surface area contributed by atoms with E-state index in [9.17, 15) is 9.59 Å². The Morgan fingerprint density at radius 3 is 2.37 bits per heavy atom. The first-order valence-electron chi connectivity index (χ1n) is 11.7. The minimum absolute atomic E-state index is 0.0459. The van der Waals surface area contributed by atoms with Crippen LogP contribution >= 0.6 is 22.9 Å². The van der Waals surface area contributed by atoms with Gasteiger partial charge in [-0.2, -0.15) is 5.10 Å². The first kappa shape index (κ1) is 25.1. The Balaban J connectivity index is 0.00000141. The molecule has 0 saturated heterocycles. The minimum atomic E-state index is -0.228. The van der Waals surface area contributed by atoms with Crippen LogP contribution in [0.5, 0.6) is 0 Å². The Hall–Kier alpha value is -3.03. The van der Waals surface area contributed by atoms with Crippen molar-refractivity contribution >= 4 is 28.7 Å². The van der Waals surface area contributed by atoms with Gasteiger partial charge in [0.05, 0.1) is 28.3 Å². The number of thiazole rings is 1. The topological polar surface area (TPSA) is 80.6 Å². The van der Waals surface area contributed by atoms with Crippen LogP contribution in [-0.4, -0.2) is 25.5 Å². The number of aromatic amines is 1. The molecule has 0 unspecified atom stereocenters. The van der Waals surface area contributed by atoms with E-state index in [1.54, 1.807) is 10.6 Å². The van der Waals surface area contributed by atoms with E-state index in [1.165, 1.54) is 11.3 Å². The van der Waals surface area contributed by atoms with Gasteiger partial charge in [0.25, 0.3) is 5.56 Å². The Bertz CT molecular complexity index is 1440. The molecule has 1 aliphatic carbocycles. The van der Waals surface area contributed by atoms with E-state index in [0.29, 0.717) is 45.4 Å². The molecule has 1 N–H and O–H groups in total. The summed E-state index contributed by atoms with van der Waals surface area (Å²) in [5.74, 6) is 0.0459. The first-order valence-corrected chi connectivity index (χ1v) is 13.0. The second-order valence-corrected chi connectivity index (χ2v) is 10.6. The predicted molar refractivity (Wildman–Crippen MR) is 143 cm³/mol. The van der Waals surface area contributed by atoms with E-state index >= 15 is 0 Å². The Morgan fingerprint density at radius 1 is 1.06 bits per heavy atom. The summed E-state index contributed by atoms with van der Waals surface area (Å²) in [7, 11) is 0. The fourth-order valence-electron chi connectivity index (χ4n) is 4.53. The summed E-state index contributed by atoms with van der Waals surface area (Å²) < 4.78 is 1.68. The molecule has 182 valence electrons. The highest BCUT2D eigenvalue weighted by Gasteiger charge is 2.35. The molecular weight excluding hydrogens is 480 g/mol. The maximum Gasteiger partial charge on any atom is 0.265 e. The van der Waals surface area contributed by atoms with Crippen molar-refractivity contribution in [1.82, 2.24) is 19.7 Å². The van der Waals surface area contributed by atoms with Crippen molar-refractivity contribution in [1.29, 1.82) is 0 Å². The van der Waals surface area contributed by atoms with Crippen LogP contribution in [0.15, 0.2) is 40.5 Å². The zero-order valence-electron chi connectivity index (χ0n) is 20.8. The Kier molecular flexibility index (Phi) is 6.84. The molecule has 0 spiro atoms. The number of halogens is 1. The van der Waals surface area contributed by atoms with Crippen LogP contribution in [0.3, 0.4) is 0 Å². The van der Waals surface area contributed by atoms with Crippen molar-refractivity contribution in [2.24, 2.45) is 5.41 Å². The summed E-state index contributed by atoms with van der Waals surface area (Å²) in [6, 6.07) is 9.16. The molecule has 0 atom stereocenters. The number of nitrogens with zero attached hydrogens (tertiary/aromatic N) is 3. The van der Waals surface area contributed by atoms with E-state index in [-0.39, 0.29) is 16.8 Å². The quantitative estimate of drug-likeness (QED) is 0.330. The lowest BCUT2D eigenvalue weighted by molar-refractivity contribution is 0.0909. The molecule has 0 amide bonds. The van der Waals surface area contributed by atoms with Crippen LogP contribution in [0, 0.1) is 19.3 Å². The van der Waals surface area contributed by atoms with Crippen LogP contribution in [-0.2, 0) is 6.42 Å². The normalized spacial score (nSPS) is 14.3. The predicted octanol–water partition coefficient (Wildman–Crippen LogP) is 6.80. The van der Waals surface area contributed by atoms with Crippen molar-refractivity contribution < 1.29 is 4.79 Å². The molecule has 0 fully saturated rings. The Morgan fingerprint density at radius 2 is 1.74 bits per heavy atom. The van der Waals surface area contributed by atoms with Crippen molar-refractivity contribution in [2.45, 2.75) is 54.4 Å². The van der Waals surface area contributed by atoms with Crippen LogP contribution in [0.4, 0.5) is 0 Å². The average Bonchev–Trinajstić information content (AvgIpc) is 3.42. The monoisotopic (exact) mass is 508 g/mol. The van der Waals surface area contributed by atoms with Crippen molar-refractivity contribution in [3.8, 4) is 27.5 Å². The number of carbonyl (C=O) groups excluding carboxylic acids is 1. The second-order valence-electron chi connectivity index (χ2n) is 9.33. The molecule has 6 nitrogen and oxygen atoms in total. The number of ketones is 1. The van der Waals surface area contributed by atoms with Gasteiger partial charge >= 0.3 is 0 Å². The van der Waals surface area contributed by atoms with Crippen molar-refractivity contribution in [3.05, 3.63) is 73.7 Å². The van der Waals surface area contributed by atoms with Gasteiger partial charge in [0.2, 0.25) is 0 Å². The zero-order valence-corrected chi connectivity index (χ0v) is 22.4. The third-order valence-corrected chi connectivity index (χ3v) is 7.20. The van der Waals surface area contributed by atoms with Gasteiger partial charge in [-0.05, 0) is 43.9 Å². The number of fused-ring (bicyclic) bond motifs is 1. The van der Waals surface area contributed by atoms with Crippen LogP contribution < -0.4 is 5.56 Å². The molecule has 8 heteroatoms. The largest absolute Gasteiger partial charge is 0.294 e. The van der Waals surface area contributed by atoms with Gasteiger partial charge in [0.15, 0.2) is 5.78 Å². The Labute approximate surface area is 214 Å².